The predicted octanol–water partition coefficient (Wildman–Crippen LogP) is 15.4. The van der Waals surface area contributed by atoms with Crippen LogP contribution in [0.3, 0.4) is 0 Å². The number of aromatic nitrogens is 17. The molecule has 0 bridgehead atoms. The van der Waals surface area contributed by atoms with E-state index in [0.717, 1.165) is 114 Å². The first-order chi connectivity index (χ1) is 51.8. The van der Waals surface area contributed by atoms with Gasteiger partial charge in [0.05, 0.1) is 60.6 Å². The number of nitrogens with zero attached hydrogens (tertiary/aromatic N) is 11. The number of anilines is 9. The van der Waals surface area contributed by atoms with Crippen LogP contribution < -0.4 is 77.5 Å². The Kier molecular flexibility index (Phi) is 72.8. The topological polar surface area (TPSA) is 500 Å². The van der Waals surface area contributed by atoms with Crippen LogP contribution in [0.1, 0.15) is 123 Å². The van der Waals surface area contributed by atoms with Gasteiger partial charge in [-0.15, -0.1) is 24.0 Å². The summed E-state index contributed by atoms with van der Waals surface area (Å²) in [6.45, 7) is 26.4. The third-order valence-electron chi connectivity index (χ3n) is 11.9. The van der Waals surface area contributed by atoms with Gasteiger partial charge in [-0.1, -0.05) is 114 Å². The van der Waals surface area contributed by atoms with Crippen molar-refractivity contribution in [3.8, 4) is 0 Å². The van der Waals surface area contributed by atoms with Crippen molar-refractivity contribution in [1.82, 2.24) is 79.7 Å². The number of nitrogens with two attached hydrogens (primary N) is 4. The van der Waals surface area contributed by atoms with Gasteiger partial charge in [-0.05, 0) is 96.7 Å². The predicted molar refractivity (Wildman–Crippen MR) is 508 cm³/mol. The number of aldehydes is 2. The molecule has 0 amide bonds. The minimum absolute atomic E-state index is 0. The van der Waals surface area contributed by atoms with Gasteiger partial charge in [0.25, 0.3) is 11.1 Å². The van der Waals surface area contributed by atoms with Gasteiger partial charge in [0.15, 0.2) is 5.82 Å². The molecule has 11 aromatic rings. The molecule has 0 atom stereocenters. The first-order valence-corrected chi connectivity index (χ1v) is 53.2. The Morgan fingerprint density at radius 2 is 0.974 bits per heavy atom. The van der Waals surface area contributed by atoms with Gasteiger partial charge in [0.1, 0.15) is 51.3 Å². The number of hydroxylamine groups is 2. The standard InChI is InChI=1S/2C11H17N5O.C9H11ClN4.C6H5ClN4.C6H6N4O.C5H11I.C4H6N4O.C4H9.C3H8O.C3H6O.C2H3ClO.2CH4.Cl3OP.2ClH.3HI.V/c2*1-4-6-13-11-14-9-8(5-7-12-9)10(15-11)16(2)17-3;1-2-4-12-9-13-7(10)6-3-5-11-8(6)14-9;7-4-3-1-2-9-5(3)11-6(8)10-4;7-6-9-4-3(1-2-8-4)5(11)10-6;1-4-5(2,3)6;5-2-1-3(9)8-4(6)7-2;1-4(2)3;1-3-4-2;1-2-3-4;3-1-2-4;;;1-5(2,3)4;;;;;;/h2*5,7H,4,6H2,1-3H3,(H2,12,13,14,15);3,5H,2,4H2,1H3,(H2,11,12,13,14);1-2H,(H3,8,9,10,11);1-2H,(H4,7,8,9,10,11);4H2,1-3H3;1H,(H5,5,6,7,8,9);1-3H3;3H2,1-2H3;3H,2H2,1H3;2H,1H2;2*1H4;;5*1H;/q;;;;;;;-1;;;;;;;;;;;;+3/p-3. The van der Waals surface area contributed by atoms with Crippen molar-refractivity contribution in [2.45, 2.75) is 127 Å². The number of nitrogens with one attached hydrogen (secondary N) is 11. The molecule has 34 nitrogen and oxygen atoms in total. The van der Waals surface area contributed by atoms with Crippen LogP contribution in [0.4, 0.5) is 53.1 Å². The fourth-order valence-corrected chi connectivity index (χ4v) is 7.27. The molecule has 0 aliphatic rings. The molecule has 0 unspecified atom stereocenters. The molecule has 19 N–H and O–H groups in total. The number of fused-ring (bicyclic) bond motifs is 5. The monoisotopic (exact) mass is 2260 g/mol. The molecular formula is C66H109Cl8I4N26O8PV-. The second-order valence-electron chi connectivity index (χ2n) is 22.0. The summed E-state index contributed by atoms with van der Waals surface area (Å²) >= 11 is 40.2. The molecule has 0 saturated carbocycles. The zero-order valence-electron chi connectivity index (χ0n) is 64.5. The number of halogens is 12. The van der Waals surface area contributed by atoms with Gasteiger partial charge in [-0.3, -0.25) is 34.3 Å². The summed E-state index contributed by atoms with van der Waals surface area (Å²) in [6, 6.07) is 10.4. The zero-order valence-corrected chi connectivity index (χ0v) is 81.6. The van der Waals surface area contributed by atoms with E-state index in [4.69, 9.17) is 72.2 Å². The summed E-state index contributed by atoms with van der Waals surface area (Å²) in [6.07, 6.45) is 15.4. The second kappa shape index (κ2) is 69.1. The van der Waals surface area contributed by atoms with Crippen LogP contribution in [0, 0.1) is 5.92 Å². The zero-order chi connectivity index (χ0) is 84.1. The van der Waals surface area contributed by atoms with Crippen molar-refractivity contribution in [2.75, 3.05) is 117 Å². The van der Waals surface area contributed by atoms with E-state index in [1.165, 1.54) is 12.3 Å². The molecule has 11 aromatic heterocycles. The first kappa shape index (κ1) is 120. The number of methoxy groups -OCH3 is 1. The van der Waals surface area contributed by atoms with Crippen LogP contribution in [-0.4, -0.2) is 163 Å². The van der Waals surface area contributed by atoms with E-state index >= 15 is 0 Å². The molecule has 0 aliphatic heterocycles. The SMILES string of the molecule is C.C.CCC(C)(C)I.CCC=O.CCCNc1nc(Cl)c2cc[nH]c2n1.CCCNc1nc(N(C)OC)c2cc[nH]c2n1.CCCNc1nc2[nH]ccc2c(N(C)OC)[nH+]1.CCOC.C[C-](C)C.Cl.Nc1cc(=O)[nH]c(N)n1.Nc1nc(Cl)c2cc[nH]c2n1.Nc1nc2[nH]ccc2c(=O)[nH]1.O=CCCl.O=P(Cl)(Cl)Cl.[Cl-].[I][V]([I])[I]. The summed E-state index contributed by atoms with van der Waals surface area (Å²) in [7, 11) is 8.59. The molecule has 0 fully saturated rings. The molecule has 0 saturated heterocycles. The molecule has 114 heavy (non-hydrogen) atoms. The first-order valence-electron chi connectivity index (χ1n) is 32.9. The van der Waals surface area contributed by atoms with Gasteiger partial charge in [0, 0.05) is 80.7 Å². The molecule has 0 aromatic carbocycles. The number of ether oxygens (including phenoxy) is 1. The number of hydrogen-bond donors (Lipinski definition) is 14. The Morgan fingerprint density at radius 3 is 1.36 bits per heavy atom. The fourth-order valence-electron chi connectivity index (χ4n) is 6.80. The molecule has 0 radical (unpaired) electrons. The fraction of sp³-hybridized carbons (Fsp3) is 0.439. The maximum absolute atomic E-state index is 11.1. The summed E-state index contributed by atoms with van der Waals surface area (Å²) in [5.41, 5.74) is 24.0. The number of rotatable bonds is 17. The van der Waals surface area contributed by atoms with Crippen molar-refractivity contribution in [2.24, 2.45) is 0 Å². The number of H-pyrrole nitrogens is 8. The number of carbonyl (C=O) groups is 2. The van der Waals surface area contributed by atoms with E-state index in [9.17, 15) is 18.9 Å². The van der Waals surface area contributed by atoms with Crippen molar-refractivity contribution in [3.63, 3.8) is 0 Å². The number of aromatic amines is 8. The average Bonchev–Trinajstić information content (AvgIpc) is 1.61. The maximum atomic E-state index is 11.1. The summed E-state index contributed by atoms with van der Waals surface area (Å²) in [5.74, 6) is 5.56. The number of carbonyl (C=O) groups excluding carboxylic acids is 2. The number of nitrogen functional groups attached to an aromatic ring is 4. The van der Waals surface area contributed by atoms with E-state index in [1.54, 1.807) is 62.2 Å². The van der Waals surface area contributed by atoms with Gasteiger partial charge >= 0.3 is 76.0 Å². The Bertz CT molecular complexity index is 4340. The van der Waals surface area contributed by atoms with Crippen LogP contribution in [0.5, 0.6) is 0 Å². The Labute approximate surface area is 759 Å². The van der Waals surface area contributed by atoms with Crippen molar-refractivity contribution >= 4 is 290 Å². The van der Waals surface area contributed by atoms with Crippen molar-refractivity contribution in [1.29, 1.82) is 0 Å². The molecule has 0 aliphatic carbocycles. The van der Waals surface area contributed by atoms with Crippen molar-refractivity contribution < 1.29 is 50.9 Å². The summed E-state index contributed by atoms with van der Waals surface area (Å²) in [5, 5.41) is 14.5. The van der Waals surface area contributed by atoms with E-state index in [0.29, 0.717) is 55.0 Å². The van der Waals surface area contributed by atoms with Crippen LogP contribution in [0.2, 0.25) is 10.3 Å². The van der Waals surface area contributed by atoms with E-state index in [-0.39, 0.29) is 85.2 Å². The quantitative estimate of drug-likeness (QED) is 0.00766. The van der Waals surface area contributed by atoms with E-state index in [1.807, 2.05) is 58.5 Å². The molecule has 646 valence electrons. The third kappa shape index (κ3) is 55.8. The van der Waals surface area contributed by atoms with Crippen LogP contribution in [0.15, 0.2) is 77.0 Å². The second-order valence-corrected chi connectivity index (χ2v) is 68.0. The Hall–Kier alpha value is -4.75. The van der Waals surface area contributed by atoms with Gasteiger partial charge in [-0.25, -0.2) is 24.9 Å². The van der Waals surface area contributed by atoms with Gasteiger partial charge < -0.3 is 91.1 Å². The molecular weight excluding hydrogens is 2160 g/mol. The van der Waals surface area contributed by atoms with E-state index in [2.05, 4.69) is 284 Å². The molecule has 48 heteroatoms. The van der Waals surface area contributed by atoms with Crippen LogP contribution in [-0.2, 0) is 33.5 Å². The molecule has 11 heterocycles. The average molecular weight is 2270 g/mol. The molecule has 0 spiro atoms. The summed E-state index contributed by atoms with van der Waals surface area (Å²) in [4.78, 5) is 109. The van der Waals surface area contributed by atoms with Gasteiger partial charge in [0.2, 0.25) is 41.2 Å². The Morgan fingerprint density at radius 1 is 0.614 bits per heavy atom. The summed E-state index contributed by atoms with van der Waals surface area (Å²) < 4.78 is 14.6. The third-order valence-corrected chi connectivity index (χ3v) is 13.4. The van der Waals surface area contributed by atoms with Gasteiger partial charge in [-0.2, -0.15) is 55.7 Å². The van der Waals surface area contributed by atoms with Crippen LogP contribution >= 0.6 is 169 Å². The van der Waals surface area contributed by atoms with Crippen molar-refractivity contribution in [3.05, 3.63) is 104 Å². The normalized spacial score (nSPS) is 9.79. The Balaban J connectivity index is -0.000000286. The number of hydrogen-bond acceptors (Lipinski definition) is 26. The van der Waals surface area contributed by atoms with Crippen LogP contribution in [0.25, 0.3) is 55.2 Å². The van der Waals surface area contributed by atoms with E-state index < -0.39 is 5.20 Å². The number of alkyl halides is 2. The minimum atomic E-state index is -3.22. The molecule has 11 rings (SSSR count).